The highest BCUT2D eigenvalue weighted by Gasteiger charge is 2.15. The van der Waals surface area contributed by atoms with Crippen molar-refractivity contribution in [2.24, 2.45) is 0 Å². The number of anilines is 1. The molecular formula is C14H17NO5. The largest absolute Gasteiger partial charge is 0.451 e. The highest BCUT2D eigenvalue weighted by Crippen LogP contribution is 2.13. The highest BCUT2D eigenvalue weighted by atomic mass is 16.6. The van der Waals surface area contributed by atoms with Crippen molar-refractivity contribution in [3.8, 4) is 0 Å². The minimum absolute atomic E-state index is 0.237. The van der Waals surface area contributed by atoms with Gasteiger partial charge in [-0.1, -0.05) is 6.07 Å². The molecule has 0 aliphatic rings. The predicted octanol–water partition coefficient (Wildman–Crippen LogP) is 2.39. The topological polar surface area (TPSA) is 81.7 Å². The van der Waals surface area contributed by atoms with Crippen LogP contribution >= 0.6 is 0 Å². The minimum atomic E-state index is -0.802. The number of nitrogens with one attached hydrogen (secondary N) is 1. The van der Waals surface area contributed by atoms with Gasteiger partial charge in [0.2, 0.25) is 0 Å². The Bertz CT molecular complexity index is 512. The van der Waals surface area contributed by atoms with Crippen LogP contribution < -0.4 is 5.32 Å². The van der Waals surface area contributed by atoms with Crippen molar-refractivity contribution in [3.63, 3.8) is 0 Å². The third kappa shape index (κ3) is 4.72. The van der Waals surface area contributed by atoms with Gasteiger partial charge in [-0.05, 0) is 39.0 Å². The molecule has 108 valence electrons. The number of carbonyl (C=O) groups is 3. The number of esters is 1. The van der Waals surface area contributed by atoms with Crippen molar-refractivity contribution in [3.05, 3.63) is 29.8 Å². The molecule has 1 amide bonds. The van der Waals surface area contributed by atoms with Crippen LogP contribution in [0.3, 0.4) is 0 Å². The van der Waals surface area contributed by atoms with Crippen molar-refractivity contribution >= 4 is 23.5 Å². The first-order valence-corrected chi connectivity index (χ1v) is 6.19. The first-order chi connectivity index (χ1) is 9.43. The summed E-state index contributed by atoms with van der Waals surface area (Å²) in [5.74, 6) is -0.862. The molecule has 6 nitrogen and oxygen atoms in total. The van der Waals surface area contributed by atoms with Crippen LogP contribution in [-0.4, -0.2) is 30.6 Å². The normalized spacial score (nSPS) is 11.3. The average Bonchev–Trinajstić information content (AvgIpc) is 2.39. The molecule has 0 aromatic heterocycles. The molecule has 0 fully saturated rings. The molecule has 20 heavy (non-hydrogen) atoms. The third-order valence-electron chi connectivity index (χ3n) is 2.48. The quantitative estimate of drug-likeness (QED) is 0.837. The molecule has 6 heteroatoms. The fraction of sp³-hybridized carbons (Fsp3) is 0.357. The van der Waals surface area contributed by atoms with Crippen molar-refractivity contribution < 1.29 is 23.9 Å². The maximum Gasteiger partial charge on any atom is 0.411 e. The van der Waals surface area contributed by atoms with Crippen LogP contribution in [0.5, 0.6) is 0 Å². The SMILES string of the molecule is CCOC(=O)Nc1cccc(C(=O)OC(C)C(C)=O)c1. The van der Waals surface area contributed by atoms with Gasteiger partial charge in [0, 0.05) is 5.69 Å². The van der Waals surface area contributed by atoms with E-state index < -0.39 is 18.2 Å². The second-order valence-corrected chi connectivity index (χ2v) is 4.08. The molecule has 1 aromatic carbocycles. The van der Waals surface area contributed by atoms with Gasteiger partial charge >= 0.3 is 12.1 Å². The van der Waals surface area contributed by atoms with Gasteiger partial charge in [-0.3, -0.25) is 10.1 Å². The van der Waals surface area contributed by atoms with Crippen LogP contribution in [0.1, 0.15) is 31.1 Å². The summed E-state index contributed by atoms with van der Waals surface area (Å²) in [6, 6.07) is 6.19. The van der Waals surface area contributed by atoms with Crippen LogP contribution in [0.25, 0.3) is 0 Å². The monoisotopic (exact) mass is 279 g/mol. The third-order valence-corrected chi connectivity index (χ3v) is 2.48. The molecule has 1 rings (SSSR count). The van der Waals surface area contributed by atoms with Crippen molar-refractivity contribution in [1.82, 2.24) is 0 Å². The standard InChI is InChI=1S/C14H17NO5/c1-4-19-14(18)15-12-7-5-6-11(8-12)13(17)20-10(3)9(2)16/h5-8,10H,4H2,1-3H3,(H,15,18). The molecule has 0 radical (unpaired) electrons. The van der Waals surface area contributed by atoms with Gasteiger partial charge in [-0.25, -0.2) is 9.59 Å². The zero-order valence-corrected chi connectivity index (χ0v) is 11.6. The Balaban J connectivity index is 2.74. The van der Waals surface area contributed by atoms with Gasteiger partial charge in [0.05, 0.1) is 12.2 Å². The fourth-order valence-electron chi connectivity index (χ4n) is 1.32. The molecule has 0 saturated heterocycles. The lowest BCUT2D eigenvalue weighted by Gasteiger charge is -2.11. The predicted molar refractivity (Wildman–Crippen MR) is 72.6 cm³/mol. The zero-order chi connectivity index (χ0) is 15.1. The maximum absolute atomic E-state index is 11.8. The maximum atomic E-state index is 11.8. The number of hydrogen-bond donors (Lipinski definition) is 1. The van der Waals surface area contributed by atoms with E-state index in [1.54, 1.807) is 19.1 Å². The van der Waals surface area contributed by atoms with Gasteiger partial charge in [-0.15, -0.1) is 0 Å². The molecule has 1 atom stereocenters. The van der Waals surface area contributed by atoms with E-state index in [9.17, 15) is 14.4 Å². The van der Waals surface area contributed by atoms with Crippen molar-refractivity contribution in [2.45, 2.75) is 26.9 Å². The Morgan fingerprint density at radius 1 is 1.30 bits per heavy atom. The van der Waals surface area contributed by atoms with E-state index >= 15 is 0 Å². The van der Waals surface area contributed by atoms with E-state index in [2.05, 4.69) is 5.32 Å². The molecule has 1 N–H and O–H groups in total. The van der Waals surface area contributed by atoms with Crippen LogP contribution in [0.4, 0.5) is 10.5 Å². The highest BCUT2D eigenvalue weighted by molar-refractivity contribution is 5.94. The van der Waals surface area contributed by atoms with Crippen LogP contribution in [0, 0.1) is 0 Å². The van der Waals surface area contributed by atoms with E-state index in [1.807, 2.05) is 0 Å². The molecule has 0 spiro atoms. The number of ether oxygens (including phenoxy) is 2. The van der Waals surface area contributed by atoms with E-state index in [-0.39, 0.29) is 18.0 Å². The number of ketones is 1. The van der Waals surface area contributed by atoms with Gasteiger partial charge < -0.3 is 9.47 Å². The Hall–Kier alpha value is -2.37. The summed E-state index contributed by atoms with van der Waals surface area (Å²) >= 11 is 0. The number of rotatable bonds is 5. The Morgan fingerprint density at radius 3 is 2.60 bits per heavy atom. The van der Waals surface area contributed by atoms with Crippen molar-refractivity contribution in [2.75, 3.05) is 11.9 Å². The summed E-state index contributed by atoms with van der Waals surface area (Å²) in [4.78, 5) is 34.1. The molecule has 0 aliphatic carbocycles. The van der Waals surface area contributed by atoms with E-state index in [0.717, 1.165) is 0 Å². The summed E-state index contributed by atoms with van der Waals surface area (Å²) < 4.78 is 9.70. The number of carbonyl (C=O) groups excluding carboxylic acids is 3. The summed E-state index contributed by atoms with van der Waals surface area (Å²) in [5, 5.41) is 2.48. The Labute approximate surface area is 117 Å². The lowest BCUT2D eigenvalue weighted by atomic mass is 10.2. The van der Waals surface area contributed by atoms with Crippen LogP contribution in [0.15, 0.2) is 24.3 Å². The molecule has 0 heterocycles. The van der Waals surface area contributed by atoms with E-state index in [4.69, 9.17) is 9.47 Å². The zero-order valence-electron chi connectivity index (χ0n) is 11.6. The first kappa shape index (κ1) is 15.7. The van der Waals surface area contributed by atoms with Crippen molar-refractivity contribution in [1.29, 1.82) is 0 Å². The summed E-state index contributed by atoms with van der Waals surface area (Å²) in [7, 11) is 0. The van der Waals surface area contributed by atoms with Gasteiger partial charge in [0.1, 0.15) is 0 Å². The van der Waals surface area contributed by atoms with E-state index in [0.29, 0.717) is 5.69 Å². The lowest BCUT2D eigenvalue weighted by Crippen LogP contribution is -2.22. The average molecular weight is 279 g/mol. The number of benzene rings is 1. The summed E-state index contributed by atoms with van der Waals surface area (Å²) in [5.41, 5.74) is 0.653. The first-order valence-electron chi connectivity index (χ1n) is 6.19. The summed E-state index contributed by atoms with van der Waals surface area (Å²) in [6.45, 7) is 4.79. The van der Waals surface area contributed by atoms with Crippen LogP contribution in [-0.2, 0) is 14.3 Å². The molecule has 0 bridgehead atoms. The lowest BCUT2D eigenvalue weighted by molar-refractivity contribution is -0.124. The summed E-state index contributed by atoms with van der Waals surface area (Å²) in [6.07, 6.45) is -1.40. The smallest absolute Gasteiger partial charge is 0.411 e. The number of amides is 1. The number of hydrogen-bond acceptors (Lipinski definition) is 5. The molecule has 1 aromatic rings. The Morgan fingerprint density at radius 2 is 2.00 bits per heavy atom. The van der Waals surface area contributed by atoms with Gasteiger partial charge in [-0.2, -0.15) is 0 Å². The Kier molecular flexibility index (Phi) is 5.71. The molecule has 1 unspecified atom stereocenters. The number of Topliss-reactive ketones (excluding diaryl/α,β-unsaturated/α-hetero) is 1. The second kappa shape index (κ2) is 7.28. The minimum Gasteiger partial charge on any atom is -0.451 e. The second-order valence-electron chi connectivity index (χ2n) is 4.08. The molecular weight excluding hydrogens is 262 g/mol. The molecule has 0 saturated carbocycles. The van der Waals surface area contributed by atoms with Gasteiger partial charge in [0.25, 0.3) is 0 Å². The van der Waals surface area contributed by atoms with Crippen LogP contribution in [0.2, 0.25) is 0 Å². The van der Waals surface area contributed by atoms with Gasteiger partial charge in [0.15, 0.2) is 11.9 Å². The molecule has 0 aliphatic heterocycles. The fourth-order valence-corrected chi connectivity index (χ4v) is 1.32. The van der Waals surface area contributed by atoms with E-state index in [1.165, 1.54) is 26.0 Å².